The Bertz CT molecular complexity index is 499. The Labute approximate surface area is 133 Å². The number of alkyl halides is 3. The zero-order valence-electron chi connectivity index (χ0n) is 12.0. The molecular formula is C15H19ClF4N2. The molecule has 0 aliphatic carbocycles. The minimum atomic E-state index is -4.56. The standard InChI is InChI=1S/C15H18F4N2.ClH/c1-2-4-13(21-9-7-20-8-10-21)14-11(15(17,18)19)5-3-6-12(14)16;/h2-3,5-6,13,20H,1,4,7-10H2;1H/t13-;/m1./s1. The molecule has 1 heterocycles. The molecule has 1 aliphatic rings. The fourth-order valence-corrected chi connectivity index (χ4v) is 2.72. The van der Waals surface area contributed by atoms with E-state index < -0.39 is 23.6 Å². The number of benzene rings is 1. The minimum Gasteiger partial charge on any atom is -0.314 e. The van der Waals surface area contributed by atoms with Crippen LogP contribution >= 0.6 is 12.4 Å². The maximum atomic E-state index is 14.1. The molecule has 1 aromatic rings. The molecule has 1 N–H and O–H groups in total. The van der Waals surface area contributed by atoms with Gasteiger partial charge in [0.15, 0.2) is 0 Å². The van der Waals surface area contributed by atoms with Gasteiger partial charge in [-0.05, 0) is 18.6 Å². The molecule has 0 radical (unpaired) electrons. The summed E-state index contributed by atoms with van der Waals surface area (Å²) in [4.78, 5) is 1.88. The first-order chi connectivity index (χ1) is 9.95. The Hall–Kier alpha value is -1.11. The van der Waals surface area contributed by atoms with Gasteiger partial charge in [0.25, 0.3) is 0 Å². The fourth-order valence-electron chi connectivity index (χ4n) is 2.72. The molecule has 7 heteroatoms. The Kier molecular flexibility index (Phi) is 6.84. The van der Waals surface area contributed by atoms with Crippen LogP contribution in [0.25, 0.3) is 0 Å². The Morgan fingerprint density at radius 3 is 2.45 bits per heavy atom. The summed E-state index contributed by atoms with van der Waals surface area (Å²) in [6, 6.07) is 2.49. The minimum absolute atomic E-state index is 0. The lowest BCUT2D eigenvalue weighted by atomic mass is 9.95. The Balaban J connectivity index is 0.00000242. The lowest BCUT2D eigenvalue weighted by molar-refractivity contribution is -0.139. The van der Waals surface area contributed by atoms with E-state index in [9.17, 15) is 17.6 Å². The number of halogens is 5. The molecule has 1 saturated heterocycles. The van der Waals surface area contributed by atoms with Gasteiger partial charge in [0.1, 0.15) is 5.82 Å². The first-order valence-electron chi connectivity index (χ1n) is 6.86. The van der Waals surface area contributed by atoms with E-state index in [0.29, 0.717) is 26.2 Å². The summed E-state index contributed by atoms with van der Waals surface area (Å²) in [5, 5.41) is 3.14. The second kappa shape index (κ2) is 7.94. The molecule has 2 nitrogen and oxygen atoms in total. The van der Waals surface area contributed by atoms with Crippen LogP contribution in [0, 0.1) is 5.82 Å². The monoisotopic (exact) mass is 338 g/mol. The van der Waals surface area contributed by atoms with Crippen LogP contribution in [0.1, 0.15) is 23.6 Å². The smallest absolute Gasteiger partial charge is 0.314 e. The third-order valence-electron chi connectivity index (χ3n) is 3.67. The van der Waals surface area contributed by atoms with Gasteiger partial charge in [-0.3, -0.25) is 4.90 Å². The highest BCUT2D eigenvalue weighted by Gasteiger charge is 2.38. The number of nitrogens with one attached hydrogen (secondary N) is 1. The van der Waals surface area contributed by atoms with E-state index in [-0.39, 0.29) is 24.4 Å². The Morgan fingerprint density at radius 2 is 1.91 bits per heavy atom. The SMILES string of the molecule is C=CC[C@H](c1c(F)cccc1C(F)(F)F)N1CCNCC1.Cl. The maximum Gasteiger partial charge on any atom is 0.416 e. The number of nitrogens with zero attached hydrogens (tertiary/aromatic N) is 1. The third kappa shape index (κ3) is 4.21. The van der Waals surface area contributed by atoms with Gasteiger partial charge in [0, 0.05) is 37.8 Å². The molecule has 1 aromatic carbocycles. The lowest BCUT2D eigenvalue weighted by Gasteiger charge is -2.36. The van der Waals surface area contributed by atoms with Gasteiger partial charge in [-0.1, -0.05) is 12.1 Å². The third-order valence-corrected chi connectivity index (χ3v) is 3.67. The average Bonchev–Trinajstić information content (AvgIpc) is 2.45. The van der Waals surface area contributed by atoms with Gasteiger partial charge in [0.2, 0.25) is 0 Å². The molecule has 0 saturated carbocycles. The highest BCUT2D eigenvalue weighted by molar-refractivity contribution is 5.85. The molecule has 2 rings (SSSR count). The quantitative estimate of drug-likeness (QED) is 0.664. The highest BCUT2D eigenvalue weighted by atomic mass is 35.5. The molecule has 0 unspecified atom stereocenters. The van der Waals surface area contributed by atoms with E-state index in [4.69, 9.17) is 0 Å². The van der Waals surface area contributed by atoms with Crippen LogP contribution in [-0.4, -0.2) is 31.1 Å². The van der Waals surface area contributed by atoms with Gasteiger partial charge in [-0.25, -0.2) is 4.39 Å². The lowest BCUT2D eigenvalue weighted by Crippen LogP contribution is -2.45. The average molecular weight is 339 g/mol. The first kappa shape index (κ1) is 18.9. The summed E-state index contributed by atoms with van der Waals surface area (Å²) in [6.45, 7) is 6.14. The van der Waals surface area contributed by atoms with Crippen molar-refractivity contribution in [2.24, 2.45) is 0 Å². The zero-order chi connectivity index (χ0) is 15.5. The second-order valence-electron chi connectivity index (χ2n) is 5.02. The van der Waals surface area contributed by atoms with Gasteiger partial charge >= 0.3 is 6.18 Å². The van der Waals surface area contributed by atoms with Crippen LogP contribution in [-0.2, 0) is 6.18 Å². The van der Waals surface area contributed by atoms with Crippen LogP contribution < -0.4 is 5.32 Å². The summed E-state index contributed by atoms with van der Waals surface area (Å²) in [6.07, 6.45) is -2.74. The van der Waals surface area contributed by atoms with Crippen molar-refractivity contribution in [3.05, 3.63) is 47.8 Å². The van der Waals surface area contributed by atoms with Gasteiger partial charge in [0.05, 0.1) is 5.56 Å². The number of piperazine rings is 1. The fraction of sp³-hybridized carbons (Fsp3) is 0.467. The van der Waals surface area contributed by atoms with E-state index in [1.54, 1.807) is 6.08 Å². The van der Waals surface area contributed by atoms with E-state index in [0.717, 1.165) is 18.2 Å². The highest BCUT2D eigenvalue weighted by Crippen LogP contribution is 2.39. The van der Waals surface area contributed by atoms with E-state index >= 15 is 0 Å². The van der Waals surface area contributed by atoms with Crippen LogP contribution in [0.5, 0.6) is 0 Å². The number of hydrogen-bond acceptors (Lipinski definition) is 2. The molecule has 0 amide bonds. The van der Waals surface area contributed by atoms with E-state index in [2.05, 4.69) is 11.9 Å². The topological polar surface area (TPSA) is 15.3 Å². The summed E-state index contributed by atoms with van der Waals surface area (Å²) in [7, 11) is 0. The summed E-state index contributed by atoms with van der Waals surface area (Å²) >= 11 is 0. The van der Waals surface area contributed by atoms with E-state index in [1.165, 1.54) is 0 Å². The molecule has 124 valence electrons. The van der Waals surface area contributed by atoms with E-state index in [1.807, 2.05) is 4.90 Å². The second-order valence-corrected chi connectivity index (χ2v) is 5.02. The van der Waals surface area contributed by atoms with Crippen molar-refractivity contribution >= 4 is 12.4 Å². The molecule has 22 heavy (non-hydrogen) atoms. The van der Waals surface area contributed by atoms with Gasteiger partial charge in [-0.15, -0.1) is 19.0 Å². The summed E-state index contributed by atoms with van der Waals surface area (Å²) in [5.74, 6) is -0.810. The van der Waals surface area contributed by atoms with Crippen molar-refractivity contribution in [2.45, 2.75) is 18.6 Å². The van der Waals surface area contributed by atoms with Crippen LogP contribution in [0.3, 0.4) is 0 Å². The molecule has 1 fully saturated rings. The number of rotatable bonds is 4. The maximum absolute atomic E-state index is 14.1. The molecule has 1 aliphatic heterocycles. The van der Waals surface area contributed by atoms with Crippen LogP contribution in [0.2, 0.25) is 0 Å². The van der Waals surface area contributed by atoms with Crippen molar-refractivity contribution < 1.29 is 17.6 Å². The predicted molar refractivity (Wildman–Crippen MR) is 80.6 cm³/mol. The zero-order valence-corrected chi connectivity index (χ0v) is 12.8. The molecular weight excluding hydrogens is 320 g/mol. The summed E-state index contributed by atoms with van der Waals surface area (Å²) in [5.41, 5.74) is -1.17. The predicted octanol–water partition coefficient (Wildman–Crippen LogP) is 3.79. The van der Waals surface area contributed by atoms with Gasteiger partial charge < -0.3 is 5.32 Å². The van der Waals surface area contributed by atoms with Crippen molar-refractivity contribution in [3.8, 4) is 0 Å². The largest absolute Gasteiger partial charge is 0.416 e. The molecule has 1 atom stereocenters. The first-order valence-corrected chi connectivity index (χ1v) is 6.86. The number of hydrogen-bond donors (Lipinski definition) is 1. The molecule has 0 aromatic heterocycles. The molecule has 0 spiro atoms. The molecule has 0 bridgehead atoms. The van der Waals surface area contributed by atoms with Crippen molar-refractivity contribution in [2.75, 3.05) is 26.2 Å². The Morgan fingerprint density at radius 1 is 1.27 bits per heavy atom. The summed E-state index contributed by atoms with van der Waals surface area (Å²) < 4.78 is 53.7. The van der Waals surface area contributed by atoms with Gasteiger partial charge in [-0.2, -0.15) is 13.2 Å². The van der Waals surface area contributed by atoms with Crippen molar-refractivity contribution in [3.63, 3.8) is 0 Å². The van der Waals surface area contributed by atoms with Crippen molar-refractivity contribution in [1.82, 2.24) is 10.2 Å². The normalized spacial score (nSPS) is 17.6. The van der Waals surface area contributed by atoms with Crippen LogP contribution in [0.4, 0.5) is 17.6 Å². The van der Waals surface area contributed by atoms with Crippen LogP contribution in [0.15, 0.2) is 30.9 Å². The van der Waals surface area contributed by atoms with Crippen molar-refractivity contribution in [1.29, 1.82) is 0 Å².